The summed E-state index contributed by atoms with van der Waals surface area (Å²) in [6.45, 7) is 8.89. The molecule has 1 saturated heterocycles. The molecule has 0 aromatic heterocycles. The van der Waals surface area contributed by atoms with Crippen molar-refractivity contribution in [1.82, 2.24) is 9.80 Å². The van der Waals surface area contributed by atoms with Crippen LogP contribution >= 0.6 is 0 Å². The number of hydrogen-bond acceptors (Lipinski definition) is 3. The van der Waals surface area contributed by atoms with Crippen LogP contribution in [-0.4, -0.2) is 47.2 Å². The first-order chi connectivity index (χ1) is 12.4. The van der Waals surface area contributed by atoms with Gasteiger partial charge in [-0.15, -0.1) is 0 Å². The van der Waals surface area contributed by atoms with E-state index in [-0.39, 0.29) is 0 Å². The molecule has 1 aliphatic rings. The molecular weight excluding hydrogens is 320 g/mol. The van der Waals surface area contributed by atoms with Gasteiger partial charge in [-0.05, 0) is 58.0 Å². The fourth-order valence-corrected chi connectivity index (χ4v) is 3.33. The van der Waals surface area contributed by atoms with Crippen LogP contribution in [0, 0.1) is 0 Å². The van der Waals surface area contributed by atoms with Crippen molar-refractivity contribution in [2.45, 2.75) is 45.4 Å². The highest BCUT2D eigenvalue weighted by atomic mass is 16.3. The Bertz CT molecular complexity index is 560. The highest BCUT2D eigenvalue weighted by Crippen LogP contribution is 2.12. The molecule has 0 aliphatic carbocycles. The third-order valence-electron chi connectivity index (χ3n) is 4.40. The lowest BCUT2D eigenvalue weighted by Gasteiger charge is -2.24. The first-order valence-electron chi connectivity index (χ1n) is 9.63. The van der Waals surface area contributed by atoms with Crippen LogP contribution in [0.4, 0.5) is 0 Å². The number of likely N-dealkylation sites (tertiary alicyclic amines) is 1. The summed E-state index contributed by atoms with van der Waals surface area (Å²) in [6.07, 6.45) is 2.60. The van der Waals surface area contributed by atoms with Gasteiger partial charge < -0.3 is 10.0 Å². The van der Waals surface area contributed by atoms with Gasteiger partial charge in [-0.2, -0.15) is 0 Å². The monoisotopic (exact) mass is 354 g/mol. The number of rotatable bonds is 6. The summed E-state index contributed by atoms with van der Waals surface area (Å²) in [5.74, 6) is 0. The normalized spacial score (nSPS) is 15.0. The first kappa shape index (κ1) is 20.6. The van der Waals surface area contributed by atoms with Crippen molar-refractivity contribution < 1.29 is 5.11 Å². The van der Waals surface area contributed by atoms with Crippen LogP contribution < -0.4 is 0 Å². The molecule has 2 aromatic carbocycles. The van der Waals surface area contributed by atoms with Crippen molar-refractivity contribution in [3.05, 3.63) is 71.8 Å². The number of aliphatic hydroxyl groups is 1. The van der Waals surface area contributed by atoms with Gasteiger partial charge in [0, 0.05) is 19.6 Å². The summed E-state index contributed by atoms with van der Waals surface area (Å²) < 4.78 is 0. The third kappa shape index (κ3) is 8.61. The molecule has 3 rings (SSSR count). The first-order valence-corrected chi connectivity index (χ1v) is 9.63. The largest absolute Gasteiger partial charge is 0.389 e. The zero-order valence-electron chi connectivity index (χ0n) is 16.6. The molecule has 1 fully saturated rings. The lowest BCUT2D eigenvalue weighted by Crippen LogP contribution is -2.36. The van der Waals surface area contributed by atoms with Gasteiger partial charge in [-0.25, -0.2) is 0 Å². The summed E-state index contributed by atoms with van der Waals surface area (Å²) in [7, 11) is 2.15. The van der Waals surface area contributed by atoms with Gasteiger partial charge in [0.05, 0.1) is 5.60 Å². The van der Waals surface area contributed by atoms with E-state index < -0.39 is 5.60 Å². The van der Waals surface area contributed by atoms with E-state index in [0.29, 0.717) is 0 Å². The fraction of sp³-hybridized carbons (Fsp3) is 0.478. The highest BCUT2D eigenvalue weighted by Gasteiger charge is 2.20. The second kappa shape index (κ2) is 10.5. The van der Waals surface area contributed by atoms with Crippen LogP contribution in [0.5, 0.6) is 0 Å². The van der Waals surface area contributed by atoms with Crippen LogP contribution in [0.25, 0.3) is 0 Å². The second-order valence-electron chi connectivity index (χ2n) is 7.94. The molecule has 0 bridgehead atoms. The number of benzene rings is 2. The van der Waals surface area contributed by atoms with Gasteiger partial charge >= 0.3 is 0 Å². The summed E-state index contributed by atoms with van der Waals surface area (Å²) in [5.41, 5.74) is 2.21. The Hall–Kier alpha value is -1.68. The molecular formula is C23H34N2O. The second-order valence-corrected chi connectivity index (χ2v) is 7.94. The van der Waals surface area contributed by atoms with Crippen molar-refractivity contribution in [1.29, 1.82) is 0 Å². The van der Waals surface area contributed by atoms with E-state index >= 15 is 0 Å². The van der Waals surface area contributed by atoms with E-state index in [0.717, 1.165) is 19.6 Å². The van der Waals surface area contributed by atoms with E-state index in [9.17, 15) is 5.11 Å². The molecule has 0 atom stereocenters. The molecule has 2 aromatic rings. The zero-order valence-corrected chi connectivity index (χ0v) is 16.6. The average molecular weight is 355 g/mol. The van der Waals surface area contributed by atoms with Gasteiger partial charge in [-0.1, -0.05) is 60.7 Å². The topological polar surface area (TPSA) is 26.7 Å². The summed E-state index contributed by atoms with van der Waals surface area (Å²) in [4.78, 5) is 4.64. The Kier molecular flexibility index (Phi) is 8.30. The number of β-amino-alcohol motifs (C(OH)–C–C–N with tert-alkyl or cyclic N) is 1. The lowest BCUT2D eigenvalue weighted by atomic mass is 10.1. The molecule has 142 valence electrons. The maximum Gasteiger partial charge on any atom is 0.0718 e. The lowest BCUT2D eigenvalue weighted by molar-refractivity contribution is 0.0439. The van der Waals surface area contributed by atoms with Crippen LogP contribution in [0.2, 0.25) is 0 Å². The number of nitrogens with zero attached hydrogens (tertiary/aromatic N) is 2. The maximum absolute atomic E-state index is 9.44. The Morgan fingerprint density at radius 1 is 0.846 bits per heavy atom. The fourth-order valence-electron chi connectivity index (χ4n) is 3.33. The predicted octanol–water partition coefficient (Wildman–Crippen LogP) is 4.17. The minimum absolute atomic E-state index is 0.510. The van der Waals surface area contributed by atoms with Crippen LogP contribution in [-0.2, 0) is 13.1 Å². The van der Waals surface area contributed by atoms with E-state index in [4.69, 9.17) is 0 Å². The van der Waals surface area contributed by atoms with Crippen LogP contribution in [0.15, 0.2) is 60.7 Å². The molecule has 0 unspecified atom stereocenters. The summed E-state index contributed by atoms with van der Waals surface area (Å²) in [5, 5.41) is 9.44. The highest BCUT2D eigenvalue weighted by molar-refractivity contribution is 5.16. The van der Waals surface area contributed by atoms with E-state index in [2.05, 4.69) is 77.5 Å². The Morgan fingerprint density at radius 2 is 1.27 bits per heavy atom. The molecule has 0 spiro atoms. The van der Waals surface area contributed by atoms with Gasteiger partial charge in [-0.3, -0.25) is 4.90 Å². The molecule has 26 heavy (non-hydrogen) atoms. The Balaban J connectivity index is 0.000000209. The minimum atomic E-state index is -0.510. The molecule has 1 N–H and O–H groups in total. The van der Waals surface area contributed by atoms with Crippen molar-refractivity contribution >= 4 is 0 Å². The minimum Gasteiger partial charge on any atom is -0.389 e. The zero-order chi connectivity index (χ0) is 18.8. The quantitative estimate of drug-likeness (QED) is 0.843. The summed E-state index contributed by atoms with van der Waals surface area (Å²) in [6, 6.07) is 21.1. The van der Waals surface area contributed by atoms with Gasteiger partial charge in [0.15, 0.2) is 0 Å². The molecule has 3 nitrogen and oxygen atoms in total. The molecule has 1 aliphatic heterocycles. The maximum atomic E-state index is 9.44. The van der Waals surface area contributed by atoms with Gasteiger partial charge in [0.2, 0.25) is 0 Å². The van der Waals surface area contributed by atoms with Crippen molar-refractivity contribution in [2.75, 3.05) is 26.7 Å². The molecule has 3 heteroatoms. The van der Waals surface area contributed by atoms with Gasteiger partial charge in [0.1, 0.15) is 0 Å². The Labute approximate surface area is 159 Å². The van der Waals surface area contributed by atoms with E-state index in [1.165, 1.54) is 37.1 Å². The Morgan fingerprint density at radius 3 is 1.65 bits per heavy atom. The molecule has 0 saturated carbocycles. The van der Waals surface area contributed by atoms with Crippen molar-refractivity contribution in [3.63, 3.8) is 0 Å². The van der Waals surface area contributed by atoms with Crippen molar-refractivity contribution in [3.8, 4) is 0 Å². The standard InChI is InChI=1S/C15H17N.C8H17NO/c1-16(12-14-8-4-2-5-9-14)13-15-10-6-3-7-11-15;1-8(2,10)7-9-5-3-4-6-9/h2-11H,12-13H2,1H3;10H,3-7H2,1-2H3. The summed E-state index contributed by atoms with van der Waals surface area (Å²) >= 11 is 0. The predicted molar refractivity (Wildman–Crippen MR) is 110 cm³/mol. The van der Waals surface area contributed by atoms with Crippen LogP contribution in [0.1, 0.15) is 37.8 Å². The molecule has 1 heterocycles. The third-order valence-corrected chi connectivity index (χ3v) is 4.40. The van der Waals surface area contributed by atoms with Gasteiger partial charge in [0.25, 0.3) is 0 Å². The number of hydrogen-bond donors (Lipinski definition) is 1. The van der Waals surface area contributed by atoms with E-state index in [1.807, 2.05) is 13.8 Å². The smallest absolute Gasteiger partial charge is 0.0718 e. The van der Waals surface area contributed by atoms with Crippen molar-refractivity contribution in [2.24, 2.45) is 0 Å². The molecule has 0 amide bonds. The van der Waals surface area contributed by atoms with Crippen LogP contribution in [0.3, 0.4) is 0 Å². The SMILES string of the molecule is CC(C)(O)CN1CCCC1.CN(Cc1ccccc1)Cc1ccccc1. The molecule has 0 radical (unpaired) electrons. The average Bonchev–Trinajstić information content (AvgIpc) is 3.08. The van der Waals surface area contributed by atoms with E-state index in [1.54, 1.807) is 0 Å².